The molecular formula is C25H29NOS. The molecule has 0 saturated heterocycles. The molecule has 2 aromatic carbocycles. The fourth-order valence-corrected chi connectivity index (χ4v) is 4.03. The minimum Gasteiger partial charge on any atom is -0.490 e. The van der Waals surface area contributed by atoms with Crippen LogP contribution in [0, 0.1) is 0 Å². The molecule has 0 aliphatic heterocycles. The number of hydrogen-bond acceptors (Lipinski definition) is 3. The lowest BCUT2D eigenvalue weighted by Gasteiger charge is -2.06. The highest BCUT2D eigenvalue weighted by Gasteiger charge is 2.06. The summed E-state index contributed by atoms with van der Waals surface area (Å²) in [5, 5.41) is 1.12. The average Bonchev–Trinajstić information content (AvgIpc) is 3.21. The lowest BCUT2D eigenvalue weighted by molar-refractivity contribution is 0.363. The summed E-state index contributed by atoms with van der Waals surface area (Å²) in [6, 6.07) is 17.0. The van der Waals surface area contributed by atoms with Crippen LogP contribution in [0.25, 0.3) is 21.7 Å². The topological polar surface area (TPSA) is 22.1 Å². The normalized spacial score (nSPS) is 11.2. The van der Waals surface area contributed by atoms with Crippen LogP contribution >= 0.6 is 11.3 Å². The number of aryl methyl sites for hydroxylation is 1. The molecule has 0 aliphatic carbocycles. The van der Waals surface area contributed by atoms with Crippen molar-refractivity contribution in [3.63, 3.8) is 0 Å². The van der Waals surface area contributed by atoms with Gasteiger partial charge in [-0.25, -0.2) is 4.98 Å². The highest BCUT2D eigenvalue weighted by molar-refractivity contribution is 7.15. The van der Waals surface area contributed by atoms with Crippen molar-refractivity contribution in [1.82, 2.24) is 4.98 Å². The summed E-state index contributed by atoms with van der Waals surface area (Å²) in [5.74, 6) is 0.896. The number of nitrogens with zero attached hydrogens (tertiary/aromatic N) is 1. The summed E-state index contributed by atoms with van der Waals surface area (Å²) in [6.07, 6.45) is 12.4. The smallest absolute Gasteiger partial charge is 0.123 e. The van der Waals surface area contributed by atoms with Crippen LogP contribution in [-0.4, -0.2) is 11.6 Å². The number of unbranched alkanes of at least 4 members (excludes halogenated alkanes) is 3. The largest absolute Gasteiger partial charge is 0.490 e. The molecule has 0 unspecified atom stereocenters. The molecule has 0 amide bonds. The van der Waals surface area contributed by atoms with Crippen LogP contribution in [0.5, 0.6) is 5.75 Å². The Morgan fingerprint density at radius 1 is 0.893 bits per heavy atom. The van der Waals surface area contributed by atoms with Gasteiger partial charge in [-0.3, -0.25) is 0 Å². The van der Waals surface area contributed by atoms with E-state index in [1.54, 1.807) is 0 Å². The van der Waals surface area contributed by atoms with Gasteiger partial charge in [0.15, 0.2) is 0 Å². The second kappa shape index (κ2) is 10.8. The number of aromatic nitrogens is 1. The first-order chi connectivity index (χ1) is 13.8. The summed E-state index contributed by atoms with van der Waals surface area (Å²) < 4.78 is 5.66. The monoisotopic (exact) mass is 391 g/mol. The van der Waals surface area contributed by atoms with E-state index < -0.39 is 0 Å². The summed E-state index contributed by atoms with van der Waals surface area (Å²) in [7, 11) is 0. The standard InChI is InChI=1S/C25H29NOS/c1-3-5-7-8-9-24-19-26-25(28-24)22-12-10-20(11-13-22)21-14-16-23(17-15-21)27-18-6-4-2/h4,6,10-17,19H,3,5,7-9,18H2,1-2H3. The quantitative estimate of drug-likeness (QED) is 0.263. The summed E-state index contributed by atoms with van der Waals surface area (Å²) in [6.45, 7) is 4.86. The number of ether oxygens (including phenoxy) is 1. The Morgan fingerprint density at radius 2 is 1.57 bits per heavy atom. The molecule has 1 aromatic heterocycles. The van der Waals surface area contributed by atoms with Crippen molar-refractivity contribution in [2.45, 2.75) is 46.0 Å². The van der Waals surface area contributed by atoms with E-state index >= 15 is 0 Å². The molecule has 3 heteroatoms. The first-order valence-corrected chi connectivity index (χ1v) is 11.0. The highest BCUT2D eigenvalue weighted by Crippen LogP contribution is 2.29. The molecule has 0 spiro atoms. The number of rotatable bonds is 10. The third-order valence-corrected chi connectivity index (χ3v) is 5.84. The fourth-order valence-electron chi connectivity index (χ4n) is 3.07. The first-order valence-electron chi connectivity index (χ1n) is 10.2. The third kappa shape index (κ3) is 5.80. The Bertz CT molecular complexity index is 862. The number of benzene rings is 2. The summed E-state index contributed by atoms with van der Waals surface area (Å²) in [4.78, 5) is 6.02. The van der Waals surface area contributed by atoms with Crippen LogP contribution in [0.4, 0.5) is 0 Å². The average molecular weight is 392 g/mol. The minimum absolute atomic E-state index is 0.610. The van der Waals surface area contributed by atoms with Crippen LogP contribution in [0.2, 0.25) is 0 Å². The molecule has 2 nitrogen and oxygen atoms in total. The van der Waals surface area contributed by atoms with Crippen molar-refractivity contribution in [2.24, 2.45) is 0 Å². The summed E-state index contributed by atoms with van der Waals surface area (Å²) in [5.41, 5.74) is 3.60. The Morgan fingerprint density at radius 3 is 2.25 bits per heavy atom. The first kappa shape index (κ1) is 20.3. The van der Waals surface area contributed by atoms with Crippen LogP contribution in [0.15, 0.2) is 66.9 Å². The van der Waals surface area contributed by atoms with Gasteiger partial charge in [-0.1, -0.05) is 74.7 Å². The van der Waals surface area contributed by atoms with Crippen LogP contribution in [-0.2, 0) is 6.42 Å². The lowest BCUT2D eigenvalue weighted by Crippen LogP contribution is -1.92. The molecule has 3 aromatic rings. The second-order valence-electron chi connectivity index (χ2n) is 6.92. The van der Waals surface area contributed by atoms with Gasteiger partial charge in [0, 0.05) is 16.6 Å². The van der Waals surface area contributed by atoms with Gasteiger partial charge < -0.3 is 4.74 Å². The van der Waals surface area contributed by atoms with Crippen molar-refractivity contribution in [2.75, 3.05) is 6.61 Å². The van der Waals surface area contributed by atoms with Crippen LogP contribution in [0.3, 0.4) is 0 Å². The lowest BCUT2D eigenvalue weighted by atomic mass is 10.0. The molecule has 0 bridgehead atoms. The highest BCUT2D eigenvalue weighted by atomic mass is 32.1. The zero-order chi connectivity index (χ0) is 19.6. The van der Waals surface area contributed by atoms with Crippen molar-refractivity contribution in [3.8, 4) is 27.4 Å². The number of allylic oxidation sites excluding steroid dienone is 1. The predicted octanol–water partition coefficient (Wildman–Crippen LogP) is 7.55. The molecule has 0 atom stereocenters. The van der Waals surface area contributed by atoms with Crippen molar-refractivity contribution in [1.29, 1.82) is 0 Å². The maximum atomic E-state index is 5.66. The third-order valence-electron chi connectivity index (χ3n) is 4.73. The zero-order valence-corrected chi connectivity index (χ0v) is 17.7. The van der Waals surface area contributed by atoms with Gasteiger partial charge in [-0.05, 0) is 43.0 Å². The van der Waals surface area contributed by atoms with Crippen LogP contribution in [0.1, 0.15) is 44.4 Å². The molecule has 3 rings (SSSR count). The zero-order valence-electron chi connectivity index (χ0n) is 16.9. The molecule has 146 valence electrons. The molecular weight excluding hydrogens is 362 g/mol. The maximum absolute atomic E-state index is 5.66. The van der Waals surface area contributed by atoms with Crippen LogP contribution < -0.4 is 4.74 Å². The van der Waals surface area contributed by atoms with Gasteiger partial charge in [0.25, 0.3) is 0 Å². The number of hydrogen-bond donors (Lipinski definition) is 0. The van der Waals surface area contributed by atoms with E-state index in [0.717, 1.165) is 17.2 Å². The molecule has 0 radical (unpaired) electrons. The molecule has 0 N–H and O–H groups in total. The Labute approximate surface area is 172 Å². The Balaban J connectivity index is 1.61. The van der Waals surface area contributed by atoms with E-state index in [4.69, 9.17) is 4.74 Å². The fraction of sp³-hybridized carbons (Fsp3) is 0.320. The van der Waals surface area contributed by atoms with E-state index in [2.05, 4.69) is 48.3 Å². The molecule has 28 heavy (non-hydrogen) atoms. The SMILES string of the molecule is CC=CCOc1ccc(-c2ccc(-c3ncc(CCCCCC)s3)cc2)cc1. The molecule has 0 aliphatic rings. The van der Waals surface area contributed by atoms with E-state index in [9.17, 15) is 0 Å². The van der Waals surface area contributed by atoms with Gasteiger partial charge >= 0.3 is 0 Å². The van der Waals surface area contributed by atoms with E-state index in [1.807, 2.05) is 48.7 Å². The van der Waals surface area contributed by atoms with Gasteiger partial charge in [0.05, 0.1) is 0 Å². The summed E-state index contributed by atoms with van der Waals surface area (Å²) >= 11 is 1.82. The number of thiazole rings is 1. The predicted molar refractivity (Wildman–Crippen MR) is 121 cm³/mol. The van der Waals surface area contributed by atoms with Crippen molar-refractivity contribution in [3.05, 3.63) is 71.8 Å². The van der Waals surface area contributed by atoms with Gasteiger partial charge in [-0.15, -0.1) is 11.3 Å². The molecule has 0 saturated carbocycles. The molecule has 1 heterocycles. The van der Waals surface area contributed by atoms with E-state index in [1.165, 1.54) is 47.3 Å². The van der Waals surface area contributed by atoms with Crippen molar-refractivity contribution >= 4 is 11.3 Å². The van der Waals surface area contributed by atoms with E-state index in [-0.39, 0.29) is 0 Å². The van der Waals surface area contributed by atoms with Gasteiger partial charge in [0.1, 0.15) is 17.4 Å². The van der Waals surface area contributed by atoms with Gasteiger partial charge in [0.2, 0.25) is 0 Å². The van der Waals surface area contributed by atoms with Crippen molar-refractivity contribution < 1.29 is 4.74 Å². The minimum atomic E-state index is 0.610. The Hall–Kier alpha value is -2.39. The maximum Gasteiger partial charge on any atom is 0.123 e. The Kier molecular flexibility index (Phi) is 7.86. The molecule has 0 fully saturated rings. The second-order valence-corrected chi connectivity index (χ2v) is 8.04. The van der Waals surface area contributed by atoms with Gasteiger partial charge in [-0.2, -0.15) is 0 Å². The van der Waals surface area contributed by atoms with E-state index in [0.29, 0.717) is 6.61 Å².